The Morgan fingerprint density at radius 1 is 1.38 bits per heavy atom. The third kappa shape index (κ3) is 4.75. The highest BCUT2D eigenvalue weighted by atomic mass is 19.1. The van der Waals surface area contributed by atoms with E-state index in [9.17, 15) is 4.39 Å². The van der Waals surface area contributed by atoms with E-state index >= 15 is 0 Å². The quantitative estimate of drug-likeness (QED) is 0.852. The number of hydrogen-bond acceptors (Lipinski definition) is 2. The van der Waals surface area contributed by atoms with Crippen molar-refractivity contribution < 1.29 is 14.2 Å². The van der Waals surface area contributed by atoms with E-state index in [1.807, 2.05) is 0 Å². The molecule has 1 aromatic rings. The topological polar surface area (TPSA) is 29.5 Å². The van der Waals surface area contributed by atoms with Crippen LogP contribution in [0, 0.1) is 23.6 Å². The van der Waals surface area contributed by atoms with Crippen LogP contribution in [0.2, 0.25) is 0 Å². The molecule has 21 heavy (non-hydrogen) atoms. The van der Waals surface area contributed by atoms with Crippen LogP contribution in [0.3, 0.4) is 0 Å². The van der Waals surface area contributed by atoms with E-state index in [2.05, 4.69) is 18.8 Å². The molecule has 114 valence electrons. The standard InChI is InChI=1S/C18H23FO2/c1-2-14-7-5-8-16(12-14)21-18-13-15(6-3-4-11-20)9-10-17(18)19/h9-10,13-14,16,20H,2,4-5,7-8,11-12H2,1H3. The number of ether oxygens (including phenoxy) is 1. The van der Waals surface area contributed by atoms with E-state index in [0.717, 1.165) is 31.2 Å². The van der Waals surface area contributed by atoms with Crippen LogP contribution in [0.4, 0.5) is 4.39 Å². The molecule has 1 aromatic carbocycles. The first-order valence-corrected chi connectivity index (χ1v) is 7.78. The van der Waals surface area contributed by atoms with Gasteiger partial charge < -0.3 is 9.84 Å². The number of hydrogen-bond donors (Lipinski definition) is 1. The van der Waals surface area contributed by atoms with E-state index < -0.39 is 0 Å². The fourth-order valence-electron chi connectivity index (χ4n) is 2.79. The van der Waals surface area contributed by atoms with Crippen molar-refractivity contribution in [3.05, 3.63) is 29.6 Å². The van der Waals surface area contributed by atoms with Gasteiger partial charge in [0.2, 0.25) is 0 Å². The van der Waals surface area contributed by atoms with Crippen LogP contribution < -0.4 is 4.74 Å². The second kappa shape index (κ2) is 8.05. The molecule has 1 fully saturated rings. The van der Waals surface area contributed by atoms with E-state index in [4.69, 9.17) is 9.84 Å². The molecule has 2 nitrogen and oxygen atoms in total. The van der Waals surface area contributed by atoms with Gasteiger partial charge in [-0.3, -0.25) is 0 Å². The lowest BCUT2D eigenvalue weighted by atomic mass is 9.85. The molecular formula is C18H23FO2. The highest BCUT2D eigenvalue weighted by molar-refractivity contribution is 5.40. The summed E-state index contributed by atoms with van der Waals surface area (Å²) in [5.74, 6) is 6.41. The van der Waals surface area contributed by atoms with Gasteiger partial charge in [0.15, 0.2) is 11.6 Å². The molecule has 2 atom stereocenters. The molecule has 3 heteroatoms. The second-order valence-corrected chi connectivity index (χ2v) is 5.60. The van der Waals surface area contributed by atoms with Crippen molar-refractivity contribution >= 4 is 0 Å². The van der Waals surface area contributed by atoms with Crippen molar-refractivity contribution in [1.29, 1.82) is 0 Å². The number of rotatable bonds is 4. The number of aliphatic hydroxyl groups is 1. The predicted octanol–water partition coefficient (Wildman–Crippen LogP) is 3.91. The van der Waals surface area contributed by atoms with Gasteiger partial charge in [-0.15, -0.1) is 0 Å². The maximum atomic E-state index is 13.9. The highest BCUT2D eigenvalue weighted by Crippen LogP contribution is 2.30. The van der Waals surface area contributed by atoms with Gasteiger partial charge in [-0.05, 0) is 43.4 Å². The van der Waals surface area contributed by atoms with E-state index in [-0.39, 0.29) is 18.5 Å². The molecule has 0 aromatic heterocycles. The molecule has 1 N–H and O–H groups in total. The van der Waals surface area contributed by atoms with Crippen molar-refractivity contribution in [1.82, 2.24) is 0 Å². The average Bonchev–Trinajstić information content (AvgIpc) is 2.51. The van der Waals surface area contributed by atoms with Crippen LogP contribution >= 0.6 is 0 Å². The Kier molecular flexibility index (Phi) is 6.07. The maximum absolute atomic E-state index is 13.9. The summed E-state index contributed by atoms with van der Waals surface area (Å²) in [6, 6.07) is 4.70. The maximum Gasteiger partial charge on any atom is 0.165 e. The highest BCUT2D eigenvalue weighted by Gasteiger charge is 2.23. The lowest BCUT2D eigenvalue weighted by molar-refractivity contribution is 0.117. The zero-order valence-electron chi connectivity index (χ0n) is 12.6. The van der Waals surface area contributed by atoms with Crippen molar-refractivity contribution in [2.75, 3.05) is 6.61 Å². The molecule has 0 bridgehead atoms. The first-order chi connectivity index (χ1) is 10.2. The Morgan fingerprint density at radius 3 is 3.00 bits per heavy atom. The van der Waals surface area contributed by atoms with Gasteiger partial charge in [0.25, 0.3) is 0 Å². The molecule has 1 aliphatic carbocycles. The fraction of sp³-hybridized carbons (Fsp3) is 0.556. The van der Waals surface area contributed by atoms with Crippen LogP contribution in [-0.4, -0.2) is 17.8 Å². The normalized spacial score (nSPS) is 21.5. The number of aliphatic hydroxyl groups excluding tert-OH is 1. The van der Waals surface area contributed by atoms with Crippen molar-refractivity contribution in [2.24, 2.45) is 5.92 Å². The first kappa shape index (κ1) is 15.9. The third-order valence-electron chi connectivity index (χ3n) is 4.01. The summed E-state index contributed by atoms with van der Waals surface area (Å²) >= 11 is 0. The van der Waals surface area contributed by atoms with Gasteiger partial charge in [0.1, 0.15) is 0 Å². The van der Waals surface area contributed by atoms with Gasteiger partial charge in [-0.25, -0.2) is 4.39 Å². The number of halogens is 1. The molecule has 1 aliphatic rings. The minimum absolute atomic E-state index is 0.0397. The zero-order chi connectivity index (χ0) is 15.1. The first-order valence-electron chi connectivity index (χ1n) is 7.78. The summed E-state index contributed by atoms with van der Waals surface area (Å²) in [6.07, 6.45) is 6.11. The summed E-state index contributed by atoms with van der Waals surface area (Å²) in [7, 11) is 0. The number of benzene rings is 1. The Hall–Kier alpha value is -1.53. The van der Waals surface area contributed by atoms with E-state index in [1.54, 1.807) is 12.1 Å². The van der Waals surface area contributed by atoms with Crippen LogP contribution in [0.5, 0.6) is 5.75 Å². The monoisotopic (exact) mass is 290 g/mol. The van der Waals surface area contributed by atoms with E-state index in [0.29, 0.717) is 18.1 Å². The summed E-state index contributed by atoms with van der Waals surface area (Å²) in [5, 5.41) is 8.72. The Bertz CT molecular complexity index is 516. The van der Waals surface area contributed by atoms with Crippen molar-refractivity contribution in [3.63, 3.8) is 0 Å². The van der Waals surface area contributed by atoms with Gasteiger partial charge in [0.05, 0.1) is 12.7 Å². The van der Waals surface area contributed by atoms with Gasteiger partial charge in [0, 0.05) is 12.0 Å². The molecule has 0 radical (unpaired) electrons. The smallest absolute Gasteiger partial charge is 0.165 e. The minimum atomic E-state index is -0.332. The molecule has 0 spiro atoms. The van der Waals surface area contributed by atoms with Gasteiger partial charge in [-0.1, -0.05) is 31.6 Å². The molecule has 0 saturated heterocycles. The van der Waals surface area contributed by atoms with Crippen molar-refractivity contribution in [2.45, 2.75) is 51.6 Å². The molecular weight excluding hydrogens is 267 g/mol. The lowest BCUT2D eigenvalue weighted by Gasteiger charge is -2.29. The summed E-state index contributed by atoms with van der Waals surface area (Å²) < 4.78 is 19.8. The molecule has 0 aliphatic heterocycles. The Labute approximate surface area is 126 Å². The van der Waals surface area contributed by atoms with Gasteiger partial charge in [-0.2, -0.15) is 0 Å². The van der Waals surface area contributed by atoms with Crippen LogP contribution in [0.1, 0.15) is 51.0 Å². The third-order valence-corrected chi connectivity index (χ3v) is 4.01. The van der Waals surface area contributed by atoms with E-state index in [1.165, 1.54) is 12.5 Å². The summed E-state index contributed by atoms with van der Waals surface area (Å²) in [5.41, 5.74) is 0.725. The molecule has 0 amide bonds. The van der Waals surface area contributed by atoms with Crippen LogP contribution in [-0.2, 0) is 0 Å². The lowest BCUT2D eigenvalue weighted by Crippen LogP contribution is -2.25. The molecule has 2 unspecified atom stereocenters. The summed E-state index contributed by atoms with van der Waals surface area (Å²) in [4.78, 5) is 0. The Balaban J connectivity index is 2.05. The average molecular weight is 290 g/mol. The predicted molar refractivity (Wildman–Crippen MR) is 81.6 cm³/mol. The van der Waals surface area contributed by atoms with Crippen LogP contribution in [0.25, 0.3) is 0 Å². The molecule has 1 saturated carbocycles. The molecule has 0 heterocycles. The summed E-state index contributed by atoms with van der Waals surface area (Å²) in [6.45, 7) is 2.24. The van der Waals surface area contributed by atoms with Crippen molar-refractivity contribution in [3.8, 4) is 17.6 Å². The Morgan fingerprint density at radius 2 is 2.24 bits per heavy atom. The zero-order valence-corrected chi connectivity index (χ0v) is 12.6. The minimum Gasteiger partial charge on any atom is -0.487 e. The van der Waals surface area contributed by atoms with Crippen LogP contribution in [0.15, 0.2) is 18.2 Å². The largest absolute Gasteiger partial charge is 0.487 e. The fourth-order valence-corrected chi connectivity index (χ4v) is 2.79. The SMILES string of the molecule is CCC1CCCC(Oc2cc(C#CCCO)ccc2F)C1. The molecule has 2 rings (SSSR count). The van der Waals surface area contributed by atoms with Gasteiger partial charge >= 0.3 is 0 Å². The second-order valence-electron chi connectivity index (χ2n) is 5.60.